The van der Waals surface area contributed by atoms with Crippen LogP contribution in [-0.4, -0.2) is 21.4 Å². The first-order chi connectivity index (χ1) is 8.56. The van der Waals surface area contributed by atoms with Gasteiger partial charge in [0.25, 0.3) is 0 Å². The summed E-state index contributed by atoms with van der Waals surface area (Å²) in [5.74, 6) is -0.411. The zero-order valence-electron chi connectivity index (χ0n) is 9.10. The molecule has 1 aromatic rings. The van der Waals surface area contributed by atoms with Gasteiger partial charge >= 0.3 is 0 Å². The predicted octanol–water partition coefficient (Wildman–Crippen LogP) is 2.29. The van der Waals surface area contributed by atoms with Crippen molar-refractivity contribution < 1.29 is 9.59 Å². The van der Waals surface area contributed by atoms with Crippen LogP contribution in [0.5, 0.6) is 0 Å². The van der Waals surface area contributed by atoms with E-state index in [9.17, 15) is 9.59 Å². The van der Waals surface area contributed by atoms with Crippen molar-refractivity contribution in [1.82, 2.24) is 5.32 Å². The molecule has 1 atom stereocenters. The van der Waals surface area contributed by atoms with Crippen molar-refractivity contribution in [2.75, 3.05) is 5.32 Å². The second-order valence-corrected chi connectivity index (χ2v) is 6.35. The third kappa shape index (κ3) is 3.30. The van der Waals surface area contributed by atoms with Crippen molar-refractivity contribution in [3.8, 4) is 0 Å². The number of rotatable bonds is 3. The highest BCUT2D eigenvalue weighted by molar-refractivity contribution is 9.10. The second kappa shape index (κ2) is 5.81. The summed E-state index contributed by atoms with van der Waals surface area (Å²) in [7, 11) is 0. The normalized spacial score (nSPS) is 18.6. The minimum atomic E-state index is -0.431. The molecule has 0 aliphatic carbocycles. The first kappa shape index (κ1) is 13.5. The van der Waals surface area contributed by atoms with Gasteiger partial charge in [-0.25, -0.2) is 0 Å². The molecule has 1 aliphatic heterocycles. The fourth-order valence-electron chi connectivity index (χ4n) is 1.46. The summed E-state index contributed by atoms with van der Waals surface area (Å²) in [6, 6.07) is 7.31. The van der Waals surface area contributed by atoms with Crippen LogP contribution in [0, 0.1) is 0 Å². The molecule has 0 bridgehead atoms. The largest absolute Gasteiger partial charge is 0.325 e. The van der Waals surface area contributed by atoms with Gasteiger partial charge in [0, 0.05) is 10.9 Å². The van der Waals surface area contributed by atoms with Crippen molar-refractivity contribution in [3.05, 3.63) is 28.7 Å². The Labute approximate surface area is 122 Å². The van der Waals surface area contributed by atoms with Gasteiger partial charge in [-0.15, -0.1) is 0 Å². The van der Waals surface area contributed by atoms with E-state index in [2.05, 4.69) is 26.6 Å². The van der Waals surface area contributed by atoms with E-state index in [1.807, 2.05) is 18.2 Å². The second-order valence-electron chi connectivity index (χ2n) is 3.62. The van der Waals surface area contributed by atoms with Crippen LogP contribution < -0.4 is 10.6 Å². The third-order valence-corrected chi connectivity index (χ3v) is 4.35. The minimum Gasteiger partial charge on any atom is -0.325 e. The van der Waals surface area contributed by atoms with Crippen LogP contribution in [0.3, 0.4) is 0 Å². The highest BCUT2D eigenvalue weighted by Crippen LogP contribution is 2.24. The van der Waals surface area contributed by atoms with Crippen LogP contribution >= 0.6 is 39.9 Å². The number of para-hydroxylation sites is 1. The molecule has 0 radical (unpaired) electrons. The average Bonchev–Trinajstić information content (AvgIpc) is 2.61. The lowest BCUT2D eigenvalue weighted by molar-refractivity contribution is -0.122. The number of benzene rings is 1. The van der Waals surface area contributed by atoms with E-state index in [-0.39, 0.29) is 18.2 Å². The van der Waals surface area contributed by atoms with E-state index >= 15 is 0 Å². The van der Waals surface area contributed by atoms with Crippen LogP contribution in [0.1, 0.15) is 6.42 Å². The molecule has 4 nitrogen and oxygen atoms in total. The van der Waals surface area contributed by atoms with Crippen LogP contribution in [-0.2, 0) is 9.59 Å². The standard InChI is InChI=1S/C11H9BrN2O2S2/c12-6-3-1-2-4-7(6)13-9(15)5-8-10(16)14-11(17)18-8/h1-4,8H,5H2,(H,13,15)(H,14,16,17)/t8-/m1/s1. The molecule has 0 saturated carbocycles. The van der Waals surface area contributed by atoms with E-state index in [0.717, 1.165) is 4.47 Å². The molecule has 1 heterocycles. The SMILES string of the molecule is O=C(C[C@H]1SC(=S)NC1=O)Nc1ccccc1Br. The molecule has 0 spiro atoms. The van der Waals surface area contributed by atoms with E-state index in [0.29, 0.717) is 10.0 Å². The molecule has 2 N–H and O–H groups in total. The zero-order chi connectivity index (χ0) is 13.1. The lowest BCUT2D eigenvalue weighted by Crippen LogP contribution is -2.27. The first-order valence-electron chi connectivity index (χ1n) is 5.12. The summed E-state index contributed by atoms with van der Waals surface area (Å²) in [4.78, 5) is 23.2. The molecule has 18 heavy (non-hydrogen) atoms. The lowest BCUT2D eigenvalue weighted by atomic mass is 10.2. The number of nitrogens with one attached hydrogen (secondary N) is 2. The number of halogens is 1. The van der Waals surface area contributed by atoms with Gasteiger partial charge < -0.3 is 10.6 Å². The van der Waals surface area contributed by atoms with Gasteiger partial charge in [-0.3, -0.25) is 9.59 Å². The Kier molecular flexibility index (Phi) is 4.36. The molecule has 1 fully saturated rings. The van der Waals surface area contributed by atoms with Gasteiger partial charge in [0.15, 0.2) is 0 Å². The molecular formula is C11H9BrN2O2S2. The molecular weight excluding hydrogens is 336 g/mol. The highest BCUT2D eigenvalue weighted by atomic mass is 79.9. The number of anilines is 1. The quantitative estimate of drug-likeness (QED) is 0.826. The zero-order valence-corrected chi connectivity index (χ0v) is 12.3. The first-order valence-corrected chi connectivity index (χ1v) is 7.20. The molecule has 1 saturated heterocycles. The van der Waals surface area contributed by atoms with Gasteiger partial charge in [-0.05, 0) is 28.1 Å². The van der Waals surface area contributed by atoms with Crippen molar-refractivity contribution in [2.24, 2.45) is 0 Å². The molecule has 1 aliphatic rings. The Hall–Kier alpha value is -0.920. The number of hydrogen-bond donors (Lipinski definition) is 2. The van der Waals surface area contributed by atoms with Crippen molar-refractivity contribution >= 4 is 61.7 Å². The molecule has 2 amide bonds. The Bertz CT molecular complexity index is 522. The summed E-state index contributed by atoms with van der Waals surface area (Å²) in [5, 5.41) is 4.83. The van der Waals surface area contributed by atoms with Crippen molar-refractivity contribution in [3.63, 3.8) is 0 Å². The Morgan fingerprint density at radius 2 is 2.22 bits per heavy atom. The number of carbonyl (C=O) groups is 2. The van der Waals surface area contributed by atoms with Crippen molar-refractivity contribution in [2.45, 2.75) is 11.7 Å². The topological polar surface area (TPSA) is 58.2 Å². The van der Waals surface area contributed by atoms with Crippen LogP contribution in [0.15, 0.2) is 28.7 Å². The predicted molar refractivity (Wildman–Crippen MR) is 79.5 cm³/mol. The molecule has 7 heteroatoms. The fraction of sp³-hybridized carbons (Fsp3) is 0.182. The Balaban J connectivity index is 1.95. The Morgan fingerprint density at radius 3 is 2.83 bits per heavy atom. The summed E-state index contributed by atoms with van der Waals surface area (Å²) in [5.41, 5.74) is 0.688. The van der Waals surface area contributed by atoms with Gasteiger partial charge in [-0.2, -0.15) is 0 Å². The maximum Gasteiger partial charge on any atom is 0.239 e. The number of hydrogen-bond acceptors (Lipinski definition) is 4. The molecule has 94 valence electrons. The Morgan fingerprint density at radius 1 is 1.50 bits per heavy atom. The van der Waals surface area contributed by atoms with E-state index in [4.69, 9.17) is 12.2 Å². The lowest BCUT2D eigenvalue weighted by Gasteiger charge is -2.08. The van der Waals surface area contributed by atoms with Gasteiger partial charge in [0.2, 0.25) is 11.8 Å². The van der Waals surface area contributed by atoms with Crippen LogP contribution in [0.2, 0.25) is 0 Å². The summed E-state index contributed by atoms with van der Waals surface area (Å²) >= 11 is 9.42. The van der Waals surface area contributed by atoms with Gasteiger partial charge in [0.1, 0.15) is 4.32 Å². The molecule has 0 aromatic heterocycles. The summed E-state index contributed by atoms with van der Waals surface area (Å²) in [6.45, 7) is 0. The number of amides is 2. The summed E-state index contributed by atoms with van der Waals surface area (Å²) < 4.78 is 1.23. The molecule has 0 unspecified atom stereocenters. The number of carbonyl (C=O) groups excluding carboxylic acids is 2. The van der Waals surface area contributed by atoms with Crippen molar-refractivity contribution in [1.29, 1.82) is 0 Å². The van der Waals surface area contributed by atoms with Gasteiger partial charge in [-0.1, -0.05) is 36.1 Å². The van der Waals surface area contributed by atoms with E-state index in [1.165, 1.54) is 11.8 Å². The smallest absolute Gasteiger partial charge is 0.239 e. The van der Waals surface area contributed by atoms with Gasteiger partial charge in [0.05, 0.1) is 10.9 Å². The van der Waals surface area contributed by atoms with E-state index < -0.39 is 5.25 Å². The third-order valence-electron chi connectivity index (χ3n) is 2.29. The highest BCUT2D eigenvalue weighted by Gasteiger charge is 2.30. The summed E-state index contributed by atoms with van der Waals surface area (Å²) in [6.07, 6.45) is 0.109. The fourth-order valence-corrected chi connectivity index (χ4v) is 3.11. The van der Waals surface area contributed by atoms with Crippen LogP contribution in [0.25, 0.3) is 0 Å². The maximum atomic E-state index is 11.8. The van der Waals surface area contributed by atoms with Crippen LogP contribution in [0.4, 0.5) is 5.69 Å². The van der Waals surface area contributed by atoms with E-state index in [1.54, 1.807) is 6.07 Å². The molecule has 1 aromatic carbocycles. The number of thioether (sulfide) groups is 1. The monoisotopic (exact) mass is 344 g/mol. The number of thiocarbonyl (C=S) groups is 1. The molecule has 2 rings (SSSR count). The average molecular weight is 345 g/mol. The minimum absolute atomic E-state index is 0.109. The maximum absolute atomic E-state index is 11.8.